The molecule has 0 saturated heterocycles. The Morgan fingerprint density at radius 3 is 2.68 bits per heavy atom. The summed E-state index contributed by atoms with van der Waals surface area (Å²) in [6, 6.07) is 0.668. The fourth-order valence-electron chi connectivity index (χ4n) is 2.64. The molecule has 1 heterocycles. The summed E-state index contributed by atoms with van der Waals surface area (Å²) in [4.78, 5) is 0. The lowest BCUT2D eigenvalue weighted by Crippen LogP contribution is -2.20. The average molecular weight is 266 g/mol. The van der Waals surface area contributed by atoms with E-state index in [1.54, 1.807) is 0 Å². The van der Waals surface area contributed by atoms with Crippen LogP contribution in [0.5, 0.6) is 0 Å². The van der Waals surface area contributed by atoms with E-state index in [-0.39, 0.29) is 6.04 Å². The minimum absolute atomic E-state index is 0.114. The Morgan fingerprint density at radius 2 is 2.00 bits per heavy atom. The topological polar surface area (TPSA) is 63.0 Å². The predicted octanol–water partition coefficient (Wildman–Crippen LogP) is 2.98. The molecule has 1 fully saturated rings. The van der Waals surface area contributed by atoms with Gasteiger partial charge in [-0.05, 0) is 38.1 Å². The third-order valence-corrected chi connectivity index (χ3v) is 4.00. The van der Waals surface area contributed by atoms with Crippen molar-refractivity contribution in [1.82, 2.24) is 15.5 Å². The van der Waals surface area contributed by atoms with Crippen molar-refractivity contribution in [3.63, 3.8) is 0 Å². The number of aromatic nitrogens is 2. The molecule has 0 spiro atoms. The summed E-state index contributed by atoms with van der Waals surface area (Å²) in [5.74, 6) is 2.30. The molecule has 1 aromatic heterocycles. The van der Waals surface area contributed by atoms with Gasteiger partial charge >= 0.3 is 6.01 Å². The molecule has 0 radical (unpaired) electrons. The normalized spacial score (nSPS) is 25.2. The molecule has 0 aliphatic heterocycles. The van der Waals surface area contributed by atoms with E-state index in [9.17, 15) is 0 Å². The van der Waals surface area contributed by atoms with Gasteiger partial charge < -0.3 is 15.1 Å². The first-order chi connectivity index (χ1) is 9.19. The van der Waals surface area contributed by atoms with Crippen LogP contribution < -0.4 is 10.6 Å². The van der Waals surface area contributed by atoms with E-state index in [2.05, 4.69) is 34.7 Å². The summed E-state index contributed by atoms with van der Waals surface area (Å²) in [5, 5.41) is 14.7. The van der Waals surface area contributed by atoms with Crippen molar-refractivity contribution in [3.05, 3.63) is 5.89 Å². The summed E-state index contributed by atoms with van der Waals surface area (Å²) >= 11 is 0. The van der Waals surface area contributed by atoms with Crippen molar-refractivity contribution in [1.29, 1.82) is 0 Å². The SMILES string of the molecule is CCNC(C)c1nnc(NCC2CCC(C)CC2)o1. The Morgan fingerprint density at radius 1 is 1.26 bits per heavy atom. The van der Waals surface area contributed by atoms with Crippen molar-refractivity contribution >= 4 is 6.01 Å². The van der Waals surface area contributed by atoms with Gasteiger partial charge in [-0.25, -0.2) is 0 Å². The molecule has 1 unspecified atom stereocenters. The second-order valence-electron chi connectivity index (χ2n) is 5.73. The predicted molar refractivity (Wildman–Crippen MR) is 76.0 cm³/mol. The monoisotopic (exact) mass is 266 g/mol. The summed E-state index contributed by atoms with van der Waals surface area (Å²) in [5.41, 5.74) is 0. The van der Waals surface area contributed by atoms with E-state index in [0.29, 0.717) is 11.9 Å². The first-order valence-corrected chi connectivity index (χ1v) is 7.49. The first kappa shape index (κ1) is 14.3. The molecule has 108 valence electrons. The molecule has 1 aliphatic carbocycles. The van der Waals surface area contributed by atoms with Crippen molar-refractivity contribution < 1.29 is 4.42 Å². The molecule has 1 aliphatic rings. The molecule has 0 bridgehead atoms. The zero-order chi connectivity index (χ0) is 13.7. The van der Waals surface area contributed by atoms with Gasteiger partial charge in [-0.1, -0.05) is 31.8 Å². The smallest absolute Gasteiger partial charge is 0.315 e. The van der Waals surface area contributed by atoms with E-state index in [4.69, 9.17) is 4.42 Å². The van der Waals surface area contributed by atoms with Gasteiger partial charge in [0.1, 0.15) is 0 Å². The van der Waals surface area contributed by atoms with Crippen molar-refractivity contribution in [2.24, 2.45) is 11.8 Å². The number of nitrogens with one attached hydrogen (secondary N) is 2. The van der Waals surface area contributed by atoms with Crippen LogP contribution in [0.1, 0.15) is 58.4 Å². The molecule has 5 nitrogen and oxygen atoms in total. The van der Waals surface area contributed by atoms with Gasteiger partial charge in [0.15, 0.2) is 0 Å². The lowest BCUT2D eigenvalue weighted by atomic mass is 9.83. The first-order valence-electron chi connectivity index (χ1n) is 7.49. The Hall–Kier alpha value is -1.10. The molecule has 2 N–H and O–H groups in total. The van der Waals surface area contributed by atoms with E-state index in [0.717, 1.165) is 24.9 Å². The van der Waals surface area contributed by atoms with Crippen LogP contribution in [-0.4, -0.2) is 23.3 Å². The fourth-order valence-corrected chi connectivity index (χ4v) is 2.64. The molecular weight excluding hydrogens is 240 g/mol. The van der Waals surface area contributed by atoms with E-state index >= 15 is 0 Å². The van der Waals surface area contributed by atoms with E-state index in [1.807, 2.05) is 6.92 Å². The molecule has 1 saturated carbocycles. The Labute approximate surface area is 115 Å². The number of rotatable bonds is 6. The summed E-state index contributed by atoms with van der Waals surface area (Å²) in [7, 11) is 0. The molecule has 19 heavy (non-hydrogen) atoms. The molecule has 1 atom stereocenters. The van der Waals surface area contributed by atoms with E-state index < -0.39 is 0 Å². The quantitative estimate of drug-likeness (QED) is 0.828. The lowest BCUT2D eigenvalue weighted by Gasteiger charge is -2.25. The molecule has 2 rings (SSSR count). The van der Waals surface area contributed by atoms with Crippen LogP contribution in [0.15, 0.2) is 4.42 Å². The summed E-state index contributed by atoms with van der Waals surface area (Å²) in [6.07, 6.45) is 5.31. The summed E-state index contributed by atoms with van der Waals surface area (Å²) in [6.45, 7) is 8.28. The Bertz CT molecular complexity index is 371. The highest BCUT2D eigenvalue weighted by Gasteiger charge is 2.19. The van der Waals surface area contributed by atoms with Crippen LogP contribution in [0.4, 0.5) is 6.01 Å². The van der Waals surface area contributed by atoms with Crippen LogP contribution >= 0.6 is 0 Å². The molecule has 5 heteroatoms. The van der Waals surface area contributed by atoms with Crippen LogP contribution in [0.3, 0.4) is 0 Å². The second-order valence-corrected chi connectivity index (χ2v) is 5.73. The standard InChI is InChI=1S/C14H26N4O/c1-4-15-11(3)13-17-18-14(19-13)16-9-12-7-5-10(2)6-8-12/h10-12,15H,4-9H2,1-3H3,(H,16,18). The van der Waals surface area contributed by atoms with Crippen LogP contribution in [0.25, 0.3) is 0 Å². The third kappa shape index (κ3) is 4.20. The number of nitrogens with zero attached hydrogens (tertiary/aromatic N) is 2. The Kier molecular flexibility index (Phi) is 5.19. The highest BCUT2D eigenvalue weighted by molar-refractivity contribution is 5.17. The fraction of sp³-hybridized carbons (Fsp3) is 0.857. The largest absolute Gasteiger partial charge is 0.406 e. The van der Waals surface area contributed by atoms with Gasteiger partial charge in [0.25, 0.3) is 0 Å². The molecular formula is C14H26N4O. The van der Waals surface area contributed by atoms with Gasteiger partial charge in [0.2, 0.25) is 5.89 Å². The zero-order valence-corrected chi connectivity index (χ0v) is 12.3. The highest BCUT2D eigenvalue weighted by Crippen LogP contribution is 2.28. The summed E-state index contributed by atoms with van der Waals surface area (Å²) < 4.78 is 5.61. The van der Waals surface area contributed by atoms with Gasteiger partial charge in [0, 0.05) is 6.54 Å². The second kappa shape index (κ2) is 6.89. The van der Waals surface area contributed by atoms with Gasteiger partial charge in [-0.2, -0.15) is 0 Å². The van der Waals surface area contributed by atoms with Gasteiger partial charge in [-0.15, -0.1) is 5.10 Å². The molecule has 0 amide bonds. The Balaban J connectivity index is 1.77. The lowest BCUT2D eigenvalue weighted by molar-refractivity contribution is 0.299. The number of anilines is 1. The highest BCUT2D eigenvalue weighted by atomic mass is 16.4. The van der Waals surface area contributed by atoms with Crippen LogP contribution in [-0.2, 0) is 0 Å². The van der Waals surface area contributed by atoms with E-state index in [1.165, 1.54) is 25.7 Å². The van der Waals surface area contributed by atoms with Crippen molar-refractivity contribution in [2.75, 3.05) is 18.4 Å². The molecule has 0 aromatic carbocycles. The van der Waals surface area contributed by atoms with Crippen LogP contribution in [0, 0.1) is 11.8 Å². The minimum atomic E-state index is 0.114. The average Bonchev–Trinajstić information content (AvgIpc) is 2.87. The number of hydrogen-bond donors (Lipinski definition) is 2. The maximum atomic E-state index is 5.61. The zero-order valence-electron chi connectivity index (χ0n) is 12.3. The third-order valence-electron chi connectivity index (χ3n) is 4.00. The number of hydrogen-bond acceptors (Lipinski definition) is 5. The molecule has 1 aromatic rings. The van der Waals surface area contributed by atoms with Crippen LogP contribution in [0.2, 0.25) is 0 Å². The van der Waals surface area contributed by atoms with Crippen molar-refractivity contribution in [2.45, 2.75) is 52.5 Å². The van der Waals surface area contributed by atoms with Crippen molar-refractivity contribution in [3.8, 4) is 0 Å². The maximum absolute atomic E-state index is 5.61. The van der Waals surface area contributed by atoms with Gasteiger partial charge in [0.05, 0.1) is 6.04 Å². The maximum Gasteiger partial charge on any atom is 0.315 e. The minimum Gasteiger partial charge on any atom is -0.406 e. The van der Waals surface area contributed by atoms with Gasteiger partial charge in [-0.3, -0.25) is 0 Å².